The van der Waals surface area contributed by atoms with Gasteiger partial charge in [0.25, 0.3) is 0 Å². The van der Waals surface area contributed by atoms with Crippen LogP contribution in [0.3, 0.4) is 0 Å². The van der Waals surface area contributed by atoms with E-state index in [9.17, 15) is 0 Å². The molecule has 0 saturated carbocycles. The Morgan fingerprint density at radius 2 is 2.15 bits per heavy atom. The topological polar surface area (TPSA) is 45.4 Å². The van der Waals surface area contributed by atoms with Crippen molar-refractivity contribution >= 4 is 0 Å². The van der Waals surface area contributed by atoms with Crippen LogP contribution in [0, 0.1) is 6.92 Å². The standard InChI is InChI=1S/C10H17NO2/c1-7(6-12)11-9(3)10-5-4-8(2)13-10/h4-5,7,9,11-12H,6H2,1-3H3/t7-,9-/m0/s1. The van der Waals surface area contributed by atoms with Gasteiger partial charge in [0.05, 0.1) is 12.6 Å². The summed E-state index contributed by atoms with van der Waals surface area (Å²) in [6.07, 6.45) is 0. The van der Waals surface area contributed by atoms with E-state index in [4.69, 9.17) is 9.52 Å². The quantitative estimate of drug-likeness (QED) is 0.745. The fraction of sp³-hybridized carbons (Fsp3) is 0.600. The highest BCUT2D eigenvalue weighted by atomic mass is 16.3. The van der Waals surface area contributed by atoms with Crippen LogP contribution in [-0.2, 0) is 0 Å². The Bertz CT molecular complexity index is 257. The Labute approximate surface area is 78.8 Å². The molecule has 0 saturated heterocycles. The Morgan fingerprint density at radius 1 is 1.46 bits per heavy atom. The molecule has 74 valence electrons. The fourth-order valence-electron chi connectivity index (χ4n) is 1.25. The van der Waals surface area contributed by atoms with Gasteiger partial charge in [-0.2, -0.15) is 0 Å². The molecule has 0 aliphatic rings. The summed E-state index contributed by atoms with van der Waals surface area (Å²) in [5.41, 5.74) is 0. The van der Waals surface area contributed by atoms with Crippen LogP contribution in [-0.4, -0.2) is 17.8 Å². The second kappa shape index (κ2) is 4.44. The van der Waals surface area contributed by atoms with Crippen molar-refractivity contribution in [2.24, 2.45) is 0 Å². The van der Waals surface area contributed by atoms with Gasteiger partial charge in [0.1, 0.15) is 11.5 Å². The predicted molar refractivity (Wildman–Crippen MR) is 51.5 cm³/mol. The van der Waals surface area contributed by atoms with E-state index in [0.29, 0.717) is 0 Å². The van der Waals surface area contributed by atoms with Crippen molar-refractivity contribution in [3.8, 4) is 0 Å². The molecule has 1 aromatic heterocycles. The maximum absolute atomic E-state index is 8.84. The molecule has 0 bridgehead atoms. The maximum atomic E-state index is 8.84. The van der Waals surface area contributed by atoms with Gasteiger partial charge in [-0.05, 0) is 32.9 Å². The van der Waals surface area contributed by atoms with Gasteiger partial charge in [-0.15, -0.1) is 0 Å². The minimum absolute atomic E-state index is 0.0976. The van der Waals surface area contributed by atoms with E-state index in [2.05, 4.69) is 5.32 Å². The molecule has 0 aliphatic heterocycles. The van der Waals surface area contributed by atoms with Crippen molar-refractivity contribution in [1.82, 2.24) is 5.32 Å². The highest BCUT2D eigenvalue weighted by Gasteiger charge is 2.11. The zero-order valence-corrected chi connectivity index (χ0v) is 8.37. The minimum atomic E-state index is 0.0976. The third-order valence-electron chi connectivity index (χ3n) is 2.00. The number of nitrogens with one attached hydrogen (secondary N) is 1. The number of rotatable bonds is 4. The third kappa shape index (κ3) is 2.86. The van der Waals surface area contributed by atoms with Crippen molar-refractivity contribution in [1.29, 1.82) is 0 Å². The van der Waals surface area contributed by atoms with Gasteiger partial charge in [0.15, 0.2) is 0 Å². The molecule has 0 amide bonds. The predicted octanol–water partition coefficient (Wildman–Crippen LogP) is 1.62. The lowest BCUT2D eigenvalue weighted by Gasteiger charge is -2.15. The number of hydrogen-bond acceptors (Lipinski definition) is 3. The van der Waals surface area contributed by atoms with Crippen molar-refractivity contribution in [3.63, 3.8) is 0 Å². The maximum Gasteiger partial charge on any atom is 0.120 e. The Balaban J connectivity index is 2.53. The normalized spacial score (nSPS) is 15.7. The number of aryl methyl sites for hydroxylation is 1. The van der Waals surface area contributed by atoms with E-state index in [1.165, 1.54) is 0 Å². The summed E-state index contributed by atoms with van der Waals surface area (Å²) >= 11 is 0. The third-order valence-corrected chi connectivity index (χ3v) is 2.00. The Kier molecular flexibility index (Phi) is 3.51. The van der Waals surface area contributed by atoms with Crippen LogP contribution in [0.2, 0.25) is 0 Å². The molecule has 1 rings (SSSR count). The second-order valence-electron chi connectivity index (χ2n) is 3.42. The van der Waals surface area contributed by atoms with Gasteiger partial charge in [0, 0.05) is 6.04 Å². The lowest BCUT2D eigenvalue weighted by Crippen LogP contribution is -2.31. The van der Waals surface area contributed by atoms with Gasteiger partial charge < -0.3 is 14.8 Å². The van der Waals surface area contributed by atoms with E-state index in [1.54, 1.807) is 0 Å². The molecule has 13 heavy (non-hydrogen) atoms. The average Bonchev–Trinajstić information content (AvgIpc) is 2.51. The molecule has 0 spiro atoms. The van der Waals surface area contributed by atoms with Crippen LogP contribution in [0.15, 0.2) is 16.5 Å². The highest BCUT2D eigenvalue weighted by Crippen LogP contribution is 2.15. The molecule has 0 aliphatic carbocycles. The van der Waals surface area contributed by atoms with Gasteiger partial charge in [-0.25, -0.2) is 0 Å². The Morgan fingerprint density at radius 3 is 2.62 bits per heavy atom. The zero-order valence-electron chi connectivity index (χ0n) is 8.37. The summed E-state index contributed by atoms with van der Waals surface area (Å²) in [6, 6.07) is 4.14. The zero-order chi connectivity index (χ0) is 9.84. The first-order valence-corrected chi connectivity index (χ1v) is 4.56. The van der Waals surface area contributed by atoms with Crippen LogP contribution in [0.1, 0.15) is 31.4 Å². The summed E-state index contributed by atoms with van der Waals surface area (Å²) in [5, 5.41) is 12.1. The number of aliphatic hydroxyl groups is 1. The van der Waals surface area contributed by atoms with Crippen LogP contribution in [0.4, 0.5) is 0 Å². The number of furan rings is 1. The average molecular weight is 183 g/mol. The number of aliphatic hydroxyl groups excluding tert-OH is 1. The number of hydrogen-bond donors (Lipinski definition) is 2. The van der Waals surface area contributed by atoms with Gasteiger partial charge >= 0.3 is 0 Å². The van der Waals surface area contributed by atoms with Crippen molar-refractivity contribution in [2.75, 3.05) is 6.61 Å². The van der Waals surface area contributed by atoms with Gasteiger partial charge in [0.2, 0.25) is 0 Å². The van der Waals surface area contributed by atoms with Crippen molar-refractivity contribution in [2.45, 2.75) is 32.9 Å². The fourth-order valence-corrected chi connectivity index (χ4v) is 1.25. The summed E-state index contributed by atoms with van der Waals surface area (Å²) in [5.74, 6) is 1.83. The van der Waals surface area contributed by atoms with E-state index >= 15 is 0 Å². The molecule has 2 N–H and O–H groups in total. The first-order chi connectivity index (χ1) is 6.13. The van der Waals surface area contributed by atoms with Gasteiger partial charge in [-0.1, -0.05) is 0 Å². The van der Waals surface area contributed by atoms with E-state index < -0.39 is 0 Å². The van der Waals surface area contributed by atoms with Crippen LogP contribution >= 0.6 is 0 Å². The molecule has 3 nitrogen and oxygen atoms in total. The lowest BCUT2D eigenvalue weighted by atomic mass is 10.2. The molecule has 1 aromatic rings. The summed E-state index contributed by atoms with van der Waals surface area (Å²) < 4.78 is 5.45. The monoisotopic (exact) mass is 183 g/mol. The largest absolute Gasteiger partial charge is 0.465 e. The van der Waals surface area contributed by atoms with E-state index in [1.807, 2.05) is 32.9 Å². The molecular formula is C10H17NO2. The van der Waals surface area contributed by atoms with Gasteiger partial charge in [-0.3, -0.25) is 0 Å². The smallest absolute Gasteiger partial charge is 0.120 e. The van der Waals surface area contributed by atoms with Crippen LogP contribution in [0.25, 0.3) is 0 Å². The Hall–Kier alpha value is -0.800. The molecule has 1 heterocycles. The highest BCUT2D eigenvalue weighted by molar-refractivity contribution is 5.08. The summed E-state index contributed by atoms with van der Waals surface area (Å²) in [6.45, 7) is 6.02. The van der Waals surface area contributed by atoms with Crippen molar-refractivity contribution in [3.05, 3.63) is 23.7 Å². The second-order valence-corrected chi connectivity index (χ2v) is 3.42. The molecule has 2 atom stereocenters. The van der Waals surface area contributed by atoms with Crippen LogP contribution in [0.5, 0.6) is 0 Å². The summed E-state index contributed by atoms with van der Waals surface area (Å²) in [7, 11) is 0. The molecule has 0 unspecified atom stereocenters. The molecule has 0 aromatic carbocycles. The first kappa shape index (κ1) is 10.3. The van der Waals surface area contributed by atoms with E-state index in [-0.39, 0.29) is 18.7 Å². The SMILES string of the molecule is Cc1ccc([C@H](C)N[C@@H](C)CO)o1. The molecule has 0 radical (unpaired) electrons. The van der Waals surface area contributed by atoms with E-state index in [0.717, 1.165) is 11.5 Å². The summed E-state index contributed by atoms with van der Waals surface area (Å²) in [4.78, 5) is 0. The molecular weight excluding hydrogens is 166 g/mol. The van der Waals surface area contributed by atoms with Crippen molar-refractivity contribution < 1.29 is 9.52 Å². The lowest BCUT2D eigenvalue weighted by molar-refractivity contribution is 0.238. The minimum Gasteiger partial charge on any atom is -0.465 e. The molecule has 3 heteroatoms. The molecule has 0 fully saturated rings. The van der Waals surface area contributed by atoms with Crippen LogP contribution < -0.4 is 5.32 Å². The first-order valence-electron chi connectivity index (χ1n) is 4.56.